The molecule has 3 aliphatic heterocycles. The molecule has 4 rings (SSSR count). The molecule has 1 saturated carbocycles. The van der Waals surface area contributed by atoms with Crippen LogP contribution in [0.5, 0.6) is 0 Å². The van der Waals surface area contributed by atoms with Gasteiger partial charge in [0.15, 0.2) is 6.17 Å². The van der Waals surface area contributed by atoms with Crippen molar-refractivity contribution in [1.29, 1.82) is 0 Å². The molecule has 3 saturated heterocycles. The number of rotatable bonds is 3. The van der Waals surface area contributed by atoms with E-state index in [1.807, 2.05) is 33.4 Å². The van der Waals surface area contributed by atoms with Gasteiger partial charge in [0.25, 0.3) is 0 Å². The van der Waals surface area contributed by atoms with Gasteiger partial charge in [-0.1, -0.05) is 19.3 Å². The van der Waals surface area contributed by atoms with Crippen LogP contribution in [0.2, 0.25) is 0 Å². The third-order valence-corrected chi connectivity index (χ3v) is 5.97. The fourth-order valence-corrected chi connectivity index (χ4v) is 4.81. The van der Waals surface area contributed by atoms with Crippen molar-refractivity contribution in [2.45, 2.75) is 64.3 Å². The SMILES string of the molecule is CCN1C(=O)N2CN(C3CCCCC3)CN3C(=O)N(CC)C1C23. The van der Waals surface area contributed by atoms with Crippen LogP contribution >= 0.6 is 0 Å². The molecule has 4 aliphatic rings. The van der Waals surface area contributed by atoms with Crippen LogP contribution in [0.15, 0.2) is 0 Å². The third-order valence-electron chi connectivity index (χ3n) is 5.97. The van der Waals surface area contributed by atoms with Crippen molar-refractivity contribution in [3.05, 3.63) is 0 Å². The summed E-state index contributed by atoms with van der Waals surface area (Å²) >= 11 is 0. The van der Waals surface area contributed by atoms with Gasteiger partial charge in [-0.15, -0.1) is 0 Å². The minimum absolute atomic E-state index is 0.0824. The predicted octanol–water partition coefficient (Wildman–Crippen LogP) is 1.72. The maximum atomic E-state index is 12.8. The Balaban J connectivity index is 1.63. The molecule has 0 bridgehead atoms. The van der Waals surface area contributed by atoms with Gasteiger partial charge < -0.3 is 9.80 Å². The van der Waals surface area contributed by atoms with Crippen LogP contribution in [0.1, 0.15) is 46.0 Å². The van der Waals surface area contributed by atoms with Crippen LogP contribution in [-0.4, -0.2) is 81.4 Å². The number of hydrogen-bond acceptors (Lipinski definition) is 3. The molecular weight excluding hydrogens is 294 g/mol. The molecule has 3 heterocycles. The molecule has 0 aromatic heterocycles. The molecule has 23 heavy (non-hydrogen) atoms. The highest BCUT2D eigenvalue weighted by molar-refractivity contribution is 5.85. The highest BCUT2D eigenvalue weighted by Gasteiger charge is 2.60. The molecular formula is C16H27N5O2. The van der Waals surface area contributed by atoms with E-state index in [1.165, 1.54) is 32.1 Å². The lowest BCUT2D eigenvalue weighted by Crippen LogP contribution is -2.62. The van der Waals surface area contributed by atoms with Gasteiger partial charge in [-0.3, -0.25) is 14.7 Å². The van der Waals surface area contributed by atoms with Gasteiger partial charge in [0, 0.05) is 19.1 Å². The van der Waals surface area contributed by atoms with Gasteiger partial charge in [0.2, 0.25) is 0 Å². The Labute approximate surface area is 137 Å². The van der Waals surface area contributed by atoms with Crippen molar-refractivity contribution in [2.24, 2.45) is 0 Å². The zero-order valence-corrected chi connectivity index (χ0v) is 14.1. The number of nitrogens with zero attached hydrogens (tertiary/aromatic N) is 5. The molecule has 0 aromatic rings. The Hall–Kier alpha value is -1.50. The fourth-order valence-electron chi connectivity index (χ4n) is 4.81. The number of amides is 4. The van der Waals surface area contributed by atoms with Crippen molar-refractivity contribution >= 4 is 12.1 Å². The van der Waals surface area contributed by atoms with Gasteiger partial charge in [-0.2, -0.15) is 0 Å². The molecule has 128 valence electrons. The summed E-state index contributed by atoms with van der Waals surface area (Å²) < 4.78 is 0. The first-order valence-electron chi connectivity index (χ1n) is 9.06. The Morgan fingerprint density at radius 3 is 1.83 bits per heavy atom. The van der Waals surface area contributed by atoms with Crippen LogP contribution in [0, 0.1) is 0 Å². The quantitative estimate of drug-likeness (QED) is 0.795. The lowest BCUT2D eigenvalue weighted by Gasteiger charge is -2.45. The topological polar surface area (TPSA) is 50.3 Å². The summed E-state index contributed by atoms with van der Waals surface area (Å²) in [4.78, 5) is 35.5. The zero-order chi connectivity index (χ0) is 16.1. The molecule has 1 aliphatic carbocycles. The second-order valence-electron chi connectivity index (χ2n) is 7.07. The number of carbonyl (C=O) groups excluding carboxylic acids is 2. The highest BCUT2D eigenvalue weighted by atomic mass is 16.2. The molecule has 0 aromatic carbocycles. The number of likely N-dealkylation sites (N-methyl/N-ethyl adjacent to an activating group) is 2. The fraction of sp³-hybridized carbons (Fsp3) is 0.875. The van der Waals surface area contributed by atoms with E-state index >= 15 is 0 Å². The average Bonchev–Trinajstić information content (AvgIpc) is 3.03. The van der Waals surface area contributed by atoms with Crippen LogP contribution in [0.4, 0.5) is 9.59 Å². The first kappa shape index (κ1) is 15.1. The zero-order valence-electron chi connectivity index (χ0n) is 14.1. The maximum absolute atomic E-state index is 12.8. The van der Waals surface area contributed by atoms with Crippen molar-refractivity contribution in [2.75, 3.05) is 26.4 Å². The number of hydrogen-bond donors (Lipinski definition) is 0. The molecule has 7 nitrogen and oxygen atoms in total. The van der Waals surface area contributed by atoms with Gasteiger partial charge >= 0.3 is 12.1 Å². The van der Waals surface area contributed by atoms with E-state index < -0.39 is 0 Å². The van der Waals surface area contributed by atoms with Crippen LogP contribution in [-0.2, 0) is 0 Å². The first-order chi connectivity index (χ1) is 11.2. The number of carbonyl (C=O) groups is 2. The molecule has 0 atom stereocenters. The molecule has 0 N–H and O–H groups in total. The summed E-state index contributed by atoms with van der Waals surface area (Å²) in [5.41, 5.74) is 0. The van der Waals surface area contributed by atoms with E-state index in [2.05, 4.69) is 4.90 Å². The van der Waals surface area contributed by atoms with Gasteiger partial charge in [-0.25, -0.2) is 9.59 Å². The van der Waals surface area contributed by atoms with Gasteiger partial charge in [0.1, 0.15) is 6.17 Å². The summed E-state index contributed by atoms with van der Waals surface area (Å²) in [6, 6.07) is 0.674. The second-order valence-corrected chi connectivity index (χ2v) is 7.07. The molecule has 0 radical (unpaired) electrons. The largest absolute Gasteiger partial charge is 0.324 e. The summed E-state index contributed by atoms with van der Waals surface area (Å²) in [6.07, 6.45) is 6.00. The lowest BCUT2D eigenvalue weighted by molar-refractivity contribution is -0.0394. The molecule has 7 heteroatoms. The van der Waals surface area contributed by atoms with Crippen molar-refractivity contribution in [3.8, 4) is 0 Å². The smallest absolute Gasteiger partial charge is 0.300 e. The minimum atomic E-state index is -0.112. The normalized spacial score (nSPS) is 32.3. The summed E-state index contributed by atoms with van der Waals surface area (Å²) in [5, 5.41) is 0. The van der Waals surface area contributed by atoms with Crippen molar-refractivity contribution in [1.82, 2.24) is 24.5 Å². The third kappa shape index (κ3) is 2.05. The van der Waals surface area contributed by atoms with Crippen LogP contribution < -0.4 is 0 Å². The monoisotopic (exact) mass is 321 g/mol. The molecule has 0 spiro atoms. The van der Waals surface area contributed by atoms with E-state index in [0.717, 1.165) is 0 Å². The molecule has 4 amide bonds. The van der Waals surface area contributed by atoms with E-state index in [-0.39, 0.29) is 24.4 Å². The highest BCUT2D eigenvalue weighted by Crippen LogP contribution is 2.38. The lowest BCUT2D eigenvalue weighted by atomic mass is 9.94. The predicted molar refractivity (Wildman–Crippen MR) is 85.3 cm³/mol. The van der Waals surface area contributed by atoms with E-state index in [1.54, 1.807) is 0 Å². The maximum Gasteiger partial charge on any atom is 0.324 e. The van der Waals surface area contributed by atoms with E-state index in [9.17, 15) is 9.59 Å². The van der Waals surface area contributed by atoms with Crippen molar-refractivity contribution < 1.29 is 9.59 Å². The Bertz CT molecular complexity index is 473. The second kappa shape index (κ2) is 5.54. The van der Waals surface area contributed by atoms with Gasteiger partial charge in [-0.05, 0) is 26.7 Å². The summed E-state index contributed by atoms with van der Waals surface area (Å²) in [6.45, 7) is 6.63. The summed E-state index contributed by atoms with van der Waals surface area (Å²) in [7, 11) is 0. The summed E-state index contributed by atoms with van der Waals surface area (Å²) in [5.74, 6) is 0. The van der Waals surface area contributed by atoms with E-state index in [0.29, 0.717) is 32.5 Å². The van der Waals surface area contributed by atoms with E-state index in [4.69, 9.17) is 0 Å². The molecule has 4 fully saturated rings. The Morgan fingerprint density at radius 2 is 1.35 bits per heavy atom. The van der Waals surface area contributed by atoms with Crippen molar-refractivity contribution in [3.63, 3.8) is 0 Å². The Kier molecular flexibility index (Phi) is 3.63. The van der Waals surface area contributed by atoms with Crippen LogP contribution in [0.3, 0.4) is 0 Å². The van der Waals surface area contributed by atoms with Crippen LogP contribution in [0.25, 0.3) is 0 Å². The first-order valence-corrected chi connectivity index (χ1v) is 9.06. The Morgan fingerprint density at radius 1 is 0.826 bits per heavy atom. The molecule has 0 unspecified atom stereocenters. The number of urea groups is 2. The minimum Gasteiger partial charge on any atom is -0.300 e. The average molecular weight is 321 g/mol. The standard InChI is InChI=1S/C16H27N5O2/c1-3-18-13-14-20(15(18)22)10-17(12-8-6-5-7-9-12)11-21(14)16(23)19(13)4-2/h12-14H,3-11H2,1-2H3. The van der Waals surface area contributed by atoms with Gasteiger partial charge in [0.05, 0.1) is 13.3 Å².